The number of benzene rings is 2. The second-order valence-electron chi connectivity index (χ2n) is 5.87. The third-order valence-electron chi connectivity index (χ3n) is 4.02. The van der Waals surface area contributed by atoms with Crippen molar-refractivity contribution in [1.82, 2.24) is 5.32 Å². The molecule has 0 bridgehead atoms. The van der Waals surface area contributed by atoms with Crippen LogP contribution in [0.2, 0.25) is 5.02 Å². The van der Waals surface area contributed by atoms with Crippen molar-refractivity contribution in [3.63, 3.8) is 0 Å². The first kappa shape index (κ1) is 18.3. The highest BCUT2D eigenvalue weighted by atomic mass is 35.5. The van der Waals surface area contributed by atoms with Gasteiger partial charge in [-0.25, -0.2) is 0 Å². The first-order valence-electron chi connectivity index (χ1n) is 8.43. The Balaban J connectivity index is 1.72. The van der Waals surface area contributed by atoms with Crippen LogP contribution < -0.4 is 10.6 Å². The minimum absolute atomic E-state index is 0.0659. The fourth-order valence-electron chi connectivity index (χ4n) is 2.70. The van der Waals surface area contributed by atoms with Crippen molar-refractivity contribution >= 4 is 23.2 Å². The highest BCUT2D eigenvalue weighted by Crippen LogP contribution is 2.20. The van der Waals surface area contributed by atoms with Crippen LogP contribution in [0, 0.1) is 6.92 Å². The lowest BCUT2D eigenvalue weighted by Gasteiger charge is -2.14. The van der Waals surface area contributed by atoms with Crippen molar-refractivity contribution in [2.75, 3.05) is 18.4 Å². The van der Waals surface area contributed by atoms with Crippen LogP contribution in [0.1, 0.15) is 30.0 Å². The smallest absolute Gasteiger partial charge is 0.221 e. The van der Waals surface area contributed by atoms with Gasteiger partial charge in [-0.15, -0.1) is 0 Å². The van der Waals surface area contributed by atoms with E-state index in [1.54, 1.807) is 0 Å². The van der Waals surface area contributed by atoms with Gasteiger partial charge < -0.3 is 10.6 Å². The minimum Gasteiger partial charge on any atom is -0.384 e. The Labute approximate surface area is 149 Å². The quantitative estimate of drug-likeness (QED) is 0.746. The Morgan fingerprint density at radius 2 is 1.92 bits per heavy atom. The molecule has 0 aromatic heterocycles. The molecule has 0 heterocycles. The van der Waals surface area contributed by atoms with Gasteiger partial charge in [-0.1, -0.05) is 48.9 Å². The monoisotopic (exact) mass is 344 g/mol. The molecule has 0 aliphatic rings. The normalized spacial score (nSPS) is 10.5. The molecule has 0 aliphatic heterocycles. The molecule has 24 heavy (non-hydrogen) atoms. The SMILES string of the molecule is CCc1cccc(C)c1NCCC(=O)NCCc1cccc(Cl)c1. The molecule has 0 saturated carbocycles. The summed E-state index contributed by atoms with van der Waals surface area (Å²) in [6.07, 6.45) is 2.24. The highest BCUT2D eigenvalue weighted by Gasteiger charge is 2.05. The van der Waals surface area contributed by atoms with E-state index in [0.717, 1.165) is 29.1 Å². The number of carbonyl (C=O) groups excluding carboxylic acids is 1. The van der Waals surface area contributed by atoms with Gasteiger partial charge in [0.25, 0.3) is 0 Å². The number of nitrogens with one attached hydrogen (secondary N) is 2. The van der Waals surface area contributed by atoms with E-state index in [2.05, 4.69) is 42.7 Å². The Bertz CT molecular complexity index is 685. The Hall–Kier alpha value is -2.00. The van der Waals surface area contributed by atoms with Gasteiger partial charge in [0, 0.05) is 30.2 Å². The molecule has 0 spiro atoms. The summed E-state index contributed by atoms with van der Waals surface area (Å²) >= 11 is 5.95. The number of carbonyl (C=O) groups is 1. The first-order chi connectivity index (χ1) is 11.6. The number of anilines is 1. The molecule has 2 aromatic carbocycles. The van der Waals surface area contributed by atoms with Crippen LogP contribution in [0.4, 0.5) is 5.69 Å². The number of rotatable bonds is 8. The van der Waals surface area contributed by atoms with Crippen LogP contribution in [-0.4, -0.2) is 19.0 Å². The lowest BCUT2D eigenvalue weighted by Crippen LogP contribution is -2.27. The fourth-order valence-corrected chi connectivity index (χ4v) is 2.92. The molecule has 4 heteroatoms. The maximum absolute atomic E-state index is 12.0. The third kappa shape index (κ3) is 5.57. The summed E-state index contributed by atoms with van der Waals surface area (Å²) in [5, 5.41) is 7.09. The van der Waals surface area contributed by atoms with Crippen molar-refractivity contribution in [1.29, 1.82) is 0 Å². The van der Waals surface area contributed by atoms with Crippen LogP contribution in [0.5, 0.6) is 0 Å². The lowest BCUT2D eigenvalue weighted by molar-refractivity contribution is -0.120. The summed E-state index contributed by atoms with van der Waals surface area (Å²) < 4.78 is 0. The lowest BCUT2D eigenvalue weighted by atomic mass is 10.1. The largest absolute Gasteiger partial charge is 0.384 e. The van der Waals surface area contributed by atoms with Crippen molar-refractivity contribution in [2.45, 2.75) is 33.1 Å². The molecule has 0 aliphatic carbocycles. The number of halogens is 1. The molecule has 0 radical (unpaired) electrons. The summed E-state index contributed by atoms with van der Waals surface area (Å²) in [7, 11) is 0. The highest BCUT2D eigenvalue weighted by molar-refractivity contribution is 6.30. The van der Waals surface area contributed by atoms with E-state index in [-0.39, 0.29) is 5.91 Å². The molecule has 2 rings (SSSR count). The summed E-state index contributed by atoms with van der Waals surface area (Å²) in [5.74, 6) is 0.0659. The molecule has 2 N–H and O–H groups in total. The average Bonchev–Trinajstić information content (AvgIpc) is 2.56. The van der Waals surface area contributed by atoms with Crippen LogP contribution in [0.15, 0.2) is 42.5 Å². The molecule has 128 valence electrons. The van der Waals surface area contributed by atoms with Gasteiger partial charge in [-0.3, -0.25) is 4.79 Å². The van der Waals surface area contributed by atoms with Gasteiger partial charge in [-0.2, -0.15) is 0 Å². The van der Waals surface area contributed by atoms with Crippen LogP contribution in [0.25, 0.3) is 0 Å². The van der Waals surface area contributed by atoms with Gasteiger partial charge >= 0.3 is 0 Å². The van der Waals surface area contributed by atoms with E-state index in [1.807, 2.05) is 24.3 Å². The number of hydrogen-bond donors (Lipinski definition) is 2. The van der Waals surface area contributed by atoms with Gasteiger partial charge in [0.15, 0.2) is 0 Å². The molecule has 3 nitrogen and oxygen atoms in total. The Morgan fingerprint density at radius 1 is 1.12 bits per heavy atom. The van der Waals surface area contributed by atoms with E-state index in [9.17, 15) is 4.79 Å². The van der Waals surface area contributed by atoms with E-state index >= 15 is 0 Å². The summed E-state index contributed by atoms with van der Waals surface area (Å²) in [4.78, 5) is 12.0. The second-order valence-corrected chi connectivity index (χ2v) is 6.31. The van der Waals surface area contributed by atoms with Crippen molar-refractivity contribution < 1.29 is 4.79 Å². The third-order valence-corrected chi connectivity index (χ3v) is 4.25. The average molecular weight is 345 g/mol. The Kier molecular flexibility index (Phi) is 7.13. The minimum atomic E-state index is 0.0659. The molecule has 2 aromatic rings. The van der Waals surface area contributed by atoms with Gasteiger partial charge in [0.05, 0.1) is 0 Å². The molecule has 0 unspecified atom stereocenters. The zero-order chi connectivity index (χ0) is 17.4. The number of hydrogen-bond acceptors (Lipinski definition) is 2. The first-order valence-corrected chi connectivity index (χ1v) is 8.81. The zero-order valence-electron chi connectivity index (χ0n) is 14.4. The van der Waals surface area contributed by atoms with E-state index in [1.165, 1.54) is 11.1 Å². The number of amides is 1. The topological polar surface area (TPSA) is 41.1 Å². The van der Waals surface area contributed by atoms with Crippen LogP contribution in [0.3, 0.4) is 0 Å². The predicted molar refractivity (Wildman–Crippen MR) is 102 cm³/mol. The standard InChI is InChI=1S/C20H25ClN2O/c1-3-17-8-4-6-15(2)20(17)23-13-11-19(24)22-12-10-16-7-5-9-18(21)14-16/h4-9,14,23H,3,10-13H2,1-2H3,(H,22,24). The summed E-state index contributed by atoms with van der Waals surface area (Å²) in [6, 6.07) is 14.0. The van der Waals surface area contributed by atoms with E-state index in [4.69, 9.17) is 11.6 Å². The van der Waals surface area contributed by atoms with Gasteiger partial charge in [0.1, 0.15) is 0 Å². The molecule has 1 amide bonds. The molecule has 0 fully saturated rings. The van der Waals surface area contributed by atoms with Crippen LogP contribution in [-0.2, 0) is 17.6 Å². The number of para-hydroxylation sites is 1. The summed E-state index contributed by atoms with van der Waals surface area (Å²) in [5.41, 5.74) is 4.80. The maximum atomic E-state index is 12.0. The van der Waals surface area contributed by atoms with Gasteiger partial charge in [-0.05, 0) is 48.6 Å². The molecule has 0 saturated heterocycles. The second kappa shape index (κ2) is 9.33. The maximum Gasteiger partial charge on any atom is 0.221 e. The van der Waals surface area contributed by atoms with E-state index < -0.39 is 0 Å². The number of aryl methyl sites for hydroxylation is 2. The molecule has 0 atom stereocenters. The van der Waals surface area contributed by atoms with Crippen molar-refractivity contribution in [3.05, 3.63) is 64.2 Å². The molecular formula is C20H25ClN2O. The predicted octanol–water partition coefficient (Wildman–Crippen LogP) is 4.37. The van der Waals surface area contributed by atoms with Crippen LogP contribution >= 0.6 is 11.6 Å². The van der Waals surface area contributed by atoms with Crippen molar-refractivity contribution in [2.24, 2.45) is 0 Å². The van der Waals surface area contributed by atoms with Crippen molar-refractivity contribution in [3.8, 4) is 0 Å². The molecular weight excluding hydrogens is 320 g/mol. The van der Waals surface area contributed by atoms with Gasteiger partial charge in [0.2, 0.25) is 5.91 Å². The Morgan fingerprint density at radius 3 is 2.67 bits per heavy atom. The fraction of sp³-hybridized carbons (Fsp3) is 0.350. The van der Waals surface area contributed by atoms with E-state index in [0.29, 0.717) is 19.5 Å². The summed E-state index contributed by atoms with van der Waals surface area (Å²) in [6.45, 7) is 5.50. The zero-order valence-corrected chi connectivity index (χ0v) is 15.1.